The lowest BCUT2D eigenvalue weighted by molar-refractivity contribution is -0.132. The molecule has 0 saturated carbocycles. The molecule has 0 aliphatic carbocycles. The number of carbonyl (C=O) groups excluding carboxylic acids is 1. The second-order valence-electron chi connectivity index (χ2n) is 6.66. The van der Waals surface area contributed by atoms with E-state index < -0.39 is 0 Å². The molecule has 1 fully saturated rings. The van der Waals surface area contributed by atoms with E-state index in [0.717, 1.165) is 37.1 Å². The van der Waals surface area contributed by atoms with Gasteiger partial charge in [-0.3, -0.25) is 4.79 Å². The molecule has 0 N–H and O–H groups in total. The number of hydrogen-bond acceptors (Lipinski definition) is 3. The zero-order valence-electron chi connectivity index (χ0n) is 15.4. The van der Waals surface area contributed by atoms with Crippen molar-refractivity contribution in [2.45, 2.75) is 38.3 Å². The maximum Gasteiger partial charge on any atom is 0.223 e. The summed E-state index contributed by atoms with van der Waals surface area (Å²) in [6.07, 6.45) is 3.45. The monoisotopic (exact) mass is 353 g/mol. The highest BCUT2D eigenvalue weighted by molar-refractivity contribution is 5.77. The molecule has 0 spiro atoms. The largest absolute Gasteiger partial charge is 0.497 e. The summed E-state index contributed by atoms with van der Waals surface area (Å²) < 4.78 is 10.9. The van der Waals surface area contributed by atoms with Crippen LogP contribution in [0.2, 0.25) is 0 Å². The highest BCUT2D eigenvalue weighted by atomic mass is 16.5. The van der Waals surface area contributed by atoms with Crippen LogP contribution in [0.4, 0.5) is 0 Å². The van der Waals surface area contributed by atoms with E-state index >= 15 is 0 Å². The van der Waals surface area contributed by atoms with Gasteiger partial charge in [0, 0.05) is 19.6 Å². The number of benzene rings is 2. The van der Waals surface area contributed by atoms with Gasteiger partial charge in [-0.25, -0.2) is 0 Å². The van der Waals surface area contributed by atoms with Crippen molar-refractivity contribution in [3.05, 3.63) is 65.7 Å². The van der Waals surface area contributed by atoms with E-state index in [1.165, 1.54) is 5.56 Å². The molecule has 2 aromatic rings. The topological polar surface area (TPSA) is 38.8 Å². The van der Waals surface area contributed by atoms with E-state index in [4.69, 9.17) is 9.47 Å². The third-order valence-corrected chi connectivity index (χ3v) is 4.86. The van der Waals surface area contributed by atoms with Crippen LogP contribution in [0.15, 0.2) is 54.6 Å². The van der Waals surface area contributed by atoms with Crippen molar-refractivity contribution in [2.75, 3.05) is 20.3 Å². The Morgan fingerprint density at radius 1 is 1.12 bits per heavy atom. The molecule has 138 valence electrons. The van der Waals surface area contributed by atoms with Gasteiger partial charge in [-0.2, -0.15) is 0 Å². The summed E-state index contributed by atoms with van der Waals surface area (Å²) in [4.78, 5) is 14.6. The number of hydrogen-bond donors (Lipinski definition) is 0. The van der Waals surface area contributed by atoms with E-state index in [-0.39, 0.29) is 11.9 Å². The van der Waals surface area contributed by atoms with Gasteiger partial charge in [0.25, 0.3) is 0 Å². The Hall–Kier alpha value is -2.33. The Morgan fingerprint density at radius 3 is 2.62 bits per heavy atom. The van der Waals surface area contributed by atoms with Crippen molar-refractivity contribution in [1.82, 2.24) is 4.90 Å². The van der Waals surface area contributed by atoms with Crippen molar-refractivity contribution < 1.29 is 14.3 Å². The quantitative estimate of drug-likeness (QED) is 0.662. The van der Waals surface area contributed by atoms with Gasteiger partial charge < -0.3 is 14.4 Å². The summed E-state index contributed by atoms with van der Waals surface area (Å²) in [5.41, 5.74) is 2.36. The van der Waals surface area contributed by atoms with E-state index in [1.807, 2.05) is 47.4 Å². The van der Waals surface area contributed by atoms with Crippen molar-refractivity contribution in [3.8, 4) is 5.75 Å². The fourth-order valence-electron chi connectivity index (χ4n) is 3.47. The molecule has 1 heterocycles. The van der Waals surface area contributed by atoms with Gasteiger partial charge in [0.05, 0.1) is 19.8 Å². The van der Waals surface area contributed by atoms with E-state index in [0.29, 0.717) is 19.6 Å². The number of methoxy groups -OCH3 is 1. The van der Waals surface area contributed by atoms with Gasteiger partial charge in [-0.05, 0) is 42.5 Å². The molecule has 1 atom stereocenters. The van der Waals surface area contributed by atoms with E-state index in [9.17, 15) is 4.79 Å². The lowest BCUT2D eigenvalue weighted by Gasteiger charge is -2.25. The van der Waals surface area contributed by atoms with Crippen LogP contribution < -0.4 is 4.74 Å². The minimum atomic E-state index is 0.240. The predicted octanol–water partition coefficient (Wildman–Crippen LogP) is 4.36. The number of rotatable bonds is 8. The molecule has 1 aliphatic rings. The molecule has 3 rings (SSSR count). The standard InChI is InChI=1S/C22H27NO3/c1-25-20-13-11-18(12-14-20)17-26-16-6-10-22(24)23-15-5-9-21(23)19-7-3-2-4-8-19/h2-4,7-8,11-14,21H,5-6,9-10,15-17H2,1H3. The summed E-state index contributed by atoms with van der Waals surface area (Å²) in [7, 11) is 1.66. The van der Waals surface area contributed by atoms with Gasteiger partial charge >= 0.3 is 0 Å². The van der Waals surface area contributed by atoms with Crippen LogP contribution in [0.1, 0.15) is 42.9 Å². The van der Waals surface area contributed by atoms with Crippen LogP contribution in [-0.2, 0) is 16.1 Å². The fourth-order valence-corrected chi connectivity index (χ4v) is 3.47. The molecule has 4 heteroatoms. The first-order valence-electron chi connectivity index (χ1n) is 9.33. The molecular weight excluding hydrogens is 326 g/mol. The lowest BCUT2D eigenvalue weighted by Crippen LogP contribution is -2.30. The lowest BCUT2D eigenvalue weighted by atomic mass is 10.0. The first kappa shape index (κ1) is 18.5. The molecule has 0 bridgehead atoms. The molecule has 1 unspecified atom stereocenters. The van der Waals surface area contributed by atoms with Gasteiger partial charge in [0.1, 0.15) is 5.75 Å². The molecule has 4 nitrogen and oxygen atoms in total. The molecule has 1 amide bonds. The second kappa shape index (κ2) is 9.39. The Balaban J connectivity index is 1.39. The van der Waals surface area contributed by atoms with E-state index in [2.05, 4.69) is 12.1 Å². The van der Waals surface area contributed by atoms with Crippen LogP contribution in [-0.4, -0.2) is 31.1 Å². The van der Waals surface area contributed by atoms with Crippen LogP contribution in [0.3, 0.4) is 0 Å². The minimum absolute atomic E-state index is 0.240. The minimum Gasteiger partial charge on any atom is -0.497 e. The molecular formula is C22H27NO3. The fraction of sp³-hybridized carbons (Fsp3) is 0.409. The normalized spacial score (nSPS) is 16.7. The van der Waals surface area contributed by atoms with Gasteiger partial charge in [0.2, 0.25) is 5.91 Å². The average Bonchev–Trinajstić information content (AvgIpc) is 3.19. The molecule has 1 saturated heterocycles. The summed E-state index contributed by atoms with van der Waals surface area (Å²) >= 11 is 0. The van der Waals surface area contributed by atoms with Crippen molar-refractivity contribution >= 4 is 5.91 Å². The summed E-state index contributed by atoms with van der Waals surface area (Å²) in [5, 5.41) is 0. The maximum absolute atomic E-state index is 12.6. The molecule has 0 radical (unpaired) electrons. The van der Waals surface area contributed by atoms with Crippen LogP contribution in [0.5, 0.6) is 5.75 Å². The summed E-state index contributed by atoms with van der Waals surface area (Å²) in [6, 6.07) is 18.4. The van der Waals surface area contributed by atoms with Crippen molar-refractivity contribution in [1.29, 1.82) is 0 Å². The van der Waals surface area contributed by atoms with Crippen LogP contribution in [0, 0.1) is 0 Å². The molecule has 26 heavy (non-hydrogen) atoms. The highest BCUT2D eigenvalue weighted by Crippen LogP contribution is 2.32. The first-order valence-corrected chi connectivity index (χ1v) is 9.33. The zero-order valence-corrected chi connectivity index (χ0v) is 15.4. The zero-order chi connectivity index (χ0) is 18.2. The van der Waals surface area contributed by atoms with Crippen LogP contribution in [0.25, 0.3) is 0 Å². The Labute approximate surface area is 155 Å². The number of ether oxygens (including phenoxy) is 2. The number of carbonyl (C=O) groups is 1. The molecule has 1 aliphatic heterocycles. The Kier molecular flexibility index (Phi) is 6.67. The Bertz CT molecular complexity index is 684. The molecule has 2 aromatic carbocycles. The highest BCUT2D eigenvalue weighted by Gasteiger charge is 2.29. The number of amides is 1. The number of likely N-dealkylation sites (tertiary alicyclic amines) is 1. The maximum atomic E-state index is 12.6. The Morgan fingerprint density at radius 2 is 1.88 bits per heavy atom. The molecule has 0 aromatic heterocycles. The summed E-state index contributed by atoms with van der Waals surface area (Å²) in [6.45, 7) is 2.03. The number of nitrogens with zero attached hydrogens (tertiary/aromatic N) is 1. The second-order valence-corrected chi connectivity index (χ2v) is 6.66. The van der Waals surface area contributed by atoms with Crippen molar-refractivity contribution in [2.24, 2.45) is 0 Å². The van der Waals surface area contributed by atoms with Crippen molar-refractivity contribution in [3.63, 3.8) is 0 Å². The van der Waals surface area contributed by atoms with Crippen LogP contribution >= 0.6 is 0 Å². The van der Waals surface area contributed by atoms with Gasteiger partial charge in [-0.1, -0.05) is 42.5 Å². The van der Waals surface area contributed by atoms with Gasteiger partial charge in [-0.15, -0.1) is 0 Å². The third-order valence-electron chi connectivity index (χ3n) is 4.86. The van der Waals surface area contributed by atoms with Gasteiger partial charge in [0.15, 0.2) is 0 Å². The van der Waals surface area contributed by atoms with E-state index in [1.54, 1.807) is 7.11 Å². The first-order chi connectivity index (χ1) is 12.8. The summed E-state index contributed by atoms with van der Waals surface area (Å²) in [5.74, 6) is 1.09. The SMILES string of the molecule is COc1ccc(COCCCC(=O)N2CCCC2c2ccccc2)cc1. The average molecular weight is 353 g/mol. The third kappa shape index (κ3) is 4.85. The predicted molar refractivity (Wildman–Crippen MR) is 102 cm³/mol. The smallest absolute Gasteiger partial charge is 0.223 e.